The molecule has 1 aromatic carbocycles. The van der Waals surface area contributed by atoms with Crippen LogP contribution >= 0.6 is 22.9 Å². The number of alkyl halides is 3. The molecule has 12 heteroatoms. The van der Waals surface area contributed by atoms with Gasteiger partial charge in [0, 0.05) is 7.05 Å². The molecule has 0 aliphatic heterocycles. The molecular formula is C16H16ClF3N2O4S2. The molecule has 1 heterocycles. The Morgan fingerprint density at radius 3 is 2.36 bits per heavy atom. The van der Waals surface area contributed by atoms with E-state index in [9.17, 15) is 26.4 Å². The molecule has 0 spiro atoms. The van der Waals surface area contributed by atoms with Gasteiger partial charge in [-0.3, -0.25) is 4.79 Å². The lowest BCUT2D eigenvalue weighted by Crippen LogP contribution is -2.39. The van der Waals surface area contributed by atoms with E-state index < -0.39 is 34.9 Å². The number of hydrogen-bond acceptors (Lipinski definition) is 5. The molecule has 1 N–H and O–H groups in total. The van der Waals surface area contributed by atoms with E-state index in [2.05, 4.69) is 10.1 Å². The predicted molar refractivity (Wildman–Crippen MR) is 98.8 cm³/mol. The fraction of sp³-hybridized carbons (Fsp3) is 0.312. The highest BCUT2D eigenvalue weighted by Crippen LogP contribution is 2.27. The predicted octanol–water partition coefficient (Wildman–Crippen LogP) is 3.80. The summed E-state index contributed by atoms with van der Waals surface area (Å²) in [6.45, 7) is 1.18. The average Bonchev–Trinajstić information content (AvgIpc) is 3.01. The maximum Gasteiger partial charge on any atom is 0.573 e. The third kappa shape index (κ3) is 6.09. The molecule has 6 nitrogen and oxygen atoms in total. The van der Waals surface area contributed by atoms with E-state index in [-0.39, 0.29) is 9.96 Å². The second-order valence-corrected chi connectivity index (χ2v) is 9.71. The molecule has 0 radical (unpaired) electrons. The van der Waals surface area contributed by atoms with Gasteiger partial charge in [-0.2, -0.15) is 4.31 Å². The molecule has 154 valence electrons. The molecule has 0 saturated carbocycles. The summed E-state index contributed by atoms with van der Waals surface area (Å²) in [5.74, 6) is -0.952. The highest BCUT2D eigenvalue weighted by atomic mass is 35.5. The van der Waals surface area contributed by atoms with Gasteiger partial charge in [0.2, 0.25) is 5.91 Å². The van der Waals surface area contributed by atoms with Crippen molar-refractivity contribution >= 4 is 38.9 Å². The van der Waals surface area contributed by atoms with Gasteiger partial charge >= 0.3 is 6.36 Å². The van der Waals surface area contributed by atoms with Crippen LogP contribution in [0.15, 0.2) is 40.6 Å². The Labute approximate surface area is 168 Å². The molecule has 1 unspecified atom stereocenters. The topological polar surface area (TPSA) is 75.7 Å². The van der Waals surface area contributed by atoms with Crippen LogP contribution in [0.5, 0.6) is 5.75 Å². The molecule has 2 rings (SSSR count). The van der Waals surface area contributed by atoms with Gasteiger partial charge in [0.05, 0.1) is 16.9 Å². The van der Waals surface area contributed by atoms with Gasteiger partial charge in [0.1, 0.15) is 9.96 Å². The summed E-state index contributed by atoms with van der Waals surface area (Å²) in [6, 6.07) is 7.25. The van der Waals surface area contributed by atoms with Crippen molar-refractivity contribution < 1.29 is 31.1 Å². The average molecular weight is 457 g/mol. The fourth-order valence-electron chi connectivity index (χ4n) is 2.21. The van der Waals surface area contributed by atoms with Crippen molar-refractivity contribution in [3.63, 3.8) is 0 Å². The van der Waals surface area contributed by atoms with Crippen LogP contribution in [0, 0.1) is 0 Å². The molecule has 0 fully saturated rings. The fourth-order valence-corrected chi connectivity index (χ4v) is 5.03. The number of halogens is 4. The monoisotopic (exact) mass is 456 g/mol. The highest BCUT2D eigenvalue weighted by molar-refractivity contribution is 7.91. The quantitative estimate of drug-likeness (QED) is 0.687. The normalized spacial score (nSPS) is 13.4. The molecular weight excluding hydrogens is 441 g/mol. The Hall–Kier alpha value is -1.82. The van der Waals surface area contributed by atoms with Crippen molar-refractivity contribution in [2.45, 2.75) is 23.5 Å². The maximum atomic E-state index is 12.4. The number of benzene rings is 1. The zero-order chi connectivity index (χ0) is 21.1. The number of carbonyl (C=O) groups excluding carboxylic acids is 1. The van der Waals surface area contributed by atoms with Crippen LogP contribution in [0.1, 0.15) is 18.5 Å². The molecule has 1 atom stereocenters. The van der Waals surface area contributed by atoms with Gasteiger partial charge in [-0.15, -0.1) is 24.5 Å². The number of nitrogens with zero attached hydrogens (tertiary/aromatic N) is 1. The van der Waals surface area contributed by atoms with E-state index in [4.69, 9.17) is 11.6 Å². The second-order valence-electron chi connectivity index (χ2n) is 5.73. The van der Waals surface area contributed by atoms with E-state index in [1.165, 1.54) is 31.3 Å². The minimum absolute atomic E-state index is 0.0149. The lowest BCUT2D eigenvalue weighted by molar-refractivity contribution is -0.274. The van der Waals surface area contributed by atoms with Crippen LogP contribution < -0.4 is 10.1 Å². The van der Waals surface area contributed by atoms with Gasteiger partial charge in [-0.05, 0) is 36.8 Å². The summed E-state index contributed by atoms with van der Waals surface area (Å²) in [6.07, 6.45) is -4.79. The van der Waals surface area contributed by atoms with Gasteiger partial charge in [-0.1, -0.05) is 23.7 Å². The van der Waals surface area contributed by atoms with Crippen LogP contribution in [0.2, 0.25) is 4.34 Å². The smallest absolute Gasteiger partial charge is 0.406 e. The summed E-state index contributed by atoms with van der Waals surface area (Å²) in [5.41, 5.74) is 0.526. The summed E-state index contributed by atoms with van der Waals surface area (Å²) >= 11 is 6.62. The minimum Gasteiger partial charge on any atom is -0.406 e. The lowest BCUT2D eigenvalue weighted by atomic mass is 10.1. The first-order valence-corrected chi connectivity index (χ1v) is 10.4. The first-order valence-electron chi connectivity index (χ1n) is 7.75. The van der Waals surface area contributed by atoms with Crippen molar-refractivity contribution in [3.05, 3.63) is 46.3 Å². The molecule has 0 aliphatic carbocycles. The zero-order valence-corrected chi connectivity index (χ0v) is 17.0. The lowest BCUT2D eigenvalue weighted by Gasteiger charge is -2.19. The number of nitrogens with one attached hydrogen (secondary N) is 1. The number of likely N-dealkylation sites (N-methyl/N-ethyl adjacent to an activating group) is 1. The highest BCUT2D eigenvalue weighted by Gasteiger charge is 2.31. The van der Waals surface area contributed by atoms with Crippen molar-refractivity contribution in [3.8, 4) is 5.75 Å². The largest absolute Gasteiger partial charge is 0.573 e. The Bertz CT molecular complexity index is 930. The molecule has 0 aliphatic rings. The van der Waals surface area contributed by atoms with E-state index in [0.717, 1.165) is 27.8 Å². The number of hydrogen-bond donors (Lipinski definition) is 1. The van der Waals surface area contributed by atoms with Crippen LogP contribution in [-0.4, -0.2) is 38.6 Å². The number of ether oxygens (including phenoxy) is 1. The van der Waals surface area contributed by atoms with Crippen LogP contribution in [0.3, 0.4) is 0 Å². The van der Waals surface area contributed by atoms with Crippen molar-refractivity contribution in [2.24, 2.45) is 0 Å². The van der Waals surface area contributed by atoms with Crippen molar-refractivity contribution in [1.82, 2.24) is 9.62 Å². The second kappa shape index (κ2) is 8.68. The number of thiophene rings is 1. The zero-order valence-electron chi connectivity index (χ0n) is 14.7. The van der Waals surface area contributed by atoms with E-state index in [0.29, 0.717) is 9.90 Å². The van der Waals surface area contributed by atoms with Crippen molar-refractivity contribution in [1.29, 1.82) is 0 Å². The number of rotatable bonds is 7. The van der Waals surface area contributed by atoms with Crippen molar-refractivity contribution in [2.75, 3.05) is 13.6 Å². The molecule has 0 bridgehead atoms. The summed E-state index contributed by atoms with van der Waals surface area (Å²) in [4.78, 5) is 12.2. The van der Waals surface area contributed by atoms with Gasteiger partial charge in [0.15, 0.2) is 0 Å². The Kier molecular flexibility index (Phi) is 6.97. The third-order valence-corrected chi connectivity index (χ3v) is 7.07. The first kappa shape index (κ1) is 22.5. The summed E-state index contributed by atoms with van der Waals surface area (Å²) < 4.78 is 66.3. The third-order valence-electron chi connectivity index (χ3n) is 3.57. The minimum atomic E-state index is -4.79. The van der Waals surface area contributed by atoms with Gasteiger partial charge in [0.25, 0.3) is 10.0 Å². The van der Waals surface area contributed by atoms with Gasteiger partial charge in [-0.25, -0.2) is 8.42 Å². The van der Waals surface area contributed by atoms with Crippen LogP contribution in [0.4, 0.5) is 13.2 Å². The summed E-state index contributed by atoms with van der Waals surface area (Å²) in [7, 11) is -2.59. The molecule has 1 amide bonds. The number of sulfonamides is 1. The number of amides is 1. The molecule has 0 saturated heterocycles. The van der Waals surface area contributed by atoms with E-state index >= 15 is 0 Å². The van der Waals surface area contributed by atoms with Crippen LogP contribution in [0.25, 0.3) is 0 Å². The number of carbonyl (C=O) groups is 1. The van der Waals surface area contributed by atoms with Gasteiger partial charge < -0.3 is 10.1 Å². The first-order chi connectivity index (χ1) is 12.9. The van der Waals surface area contributed by atoms with E-state index in [1.54, 1.807) is 6.92 Å². The molecule has 28 heavy (non-hydrogen) atoms. The van der Waals surface area contributed by atoms with E-state index in [1.807, 2.05) is 0 Å². The van der Waals surface area contributed by atoms with Crippen LogP contribution in [-0.2, 0) is 14.8 Å². The Morgan fingerprint density at radius 2 is 1.86 bits per heavy atom. The molecule has 1 aromatic heterocycles. The Balaban J connectivity index is 1.96. The SMILES string of the molecule is CC(NC(=O)CN(C)S(=O)(=O)c1ccc(Cl)s1)c1ccc(OC(F)(F)F)cc1. The maximum absolute atomic E-state index is 12.4. The molecule has 2 aromatic rings. The summed E-state index contributed by atoms with van der Waals surface area (Å²) in [5, 5.41) is 2.59. The Morgan fingerprint density at radius 1 is 1.25 bits per heavy atom. The standard InChI is InChI=1S/C16H16ClF3N2O4S2/c1-10(11-3-5-12(6-4-11)26-16(18,19)20)21-14(23)9-22(2)28(24,25)15-8-7-13(17)27-15/h3-8,10H,9H2,1-2H3,(H,21,23).